The van der Waals surface area contributed by atoms with E-state index in [1.807, 2.05) is 0 Å². The largest absolute Gasteiger partial charge is 0.394 e. The molecule has 3 N–H and O–H groups in total. The SMILES string of the molecule is BC1O[C@H](CO)[C@@H](O)[C@@]1(C)O. The van der Waals surface area contributed by atoms with Gasteiger partial charge in [0.05, 0.1) is 12.6 Å². The summed E-state index contributed by atoms with van der Waals surface area (Å²) in [6.07, 6.45) is -1.65. The summed E-state index contributed by atoms with van der Waals surface area (Å²) in [5.41, 5.74) is -1.24. The molecule has 0 amide bonds. The van der Waals surface area contributed by atoms with E-state index in [9.17, 15) is 10.2 Å². The van der Waals surface area contributed by atoms with Crippen LogP contribution in [0.3, 0.4) is 0 Å². The molecule has 4 atom stereocenters. The molecule has 1 aliphatic rings. The number of aliphatic hydroxyl groups is 3. The molecule has 11 heavy (non-hydrogen) atoms. The van der Waals surface area contributed by atoms with Gasteiger partial charge in [0.25, 0.3) is 0 Å². The molecule has 0 aromatic carbocycles. The smallest absolute Gasteiger partial charge is 0.143 e. The molecule has 0 spiro atoms. The maximum atomic E-state index is 9.55. The molecule has 0 aromatic heterocycles. The quantitative estimate of drug-likeness (QED) is 0.369. The number of aliphatic hydroxyl groups excluding tert-OH is 2. The Labute approximate surface area is 66.2 Å². The van der Waals surface area contributed by atoms with Gasteiger partial charge in [-0.05, 0) is 6.92 Å². The minimum atomic E-state index is -1.24. The van der Waals surface area contributed by atoms with Crippen LogP contribution in [0.5, 0.6) is 0 Å². The summed E-state index contributed by atoms with van der Waals surface area (Å²) >= 11 is 0. The van der Waals surface area contributed by atoms with Crippen LogP contribution in [0, 0.1) is 0 Å². The lowest BCUT2D eigenvalue weighted by Gasteiger charge is -2.23. The minimum Gasteiger partial charge on any atom is -0.394 e. The Kier molecular flexibility index (Phi) is 2.25. The predicted molar refractivity (Wildman–Crippen MR) is 40.9 cm³/mol. The first-order valence-corrected chi connectivity index (χ1v) is 3.67. The van der Waals surface area contributed by atoms with Crippen molar-refractivity contribution in [3.63, 3.8) is 0 Å². The molecular formula is C6H13BO4. The lowest BCUT2D eigenvalue weighted by atomic mass is 9.82. The zero-order chi connectivity index (χ0) is 8.65. The van der Waals surface area contributed by atoms with Crippen LogP contribution in [0.25, 0.3) is 0 Å². The van der Waals surface area contributed by atoms with Gasteiger partial charge in [-0.15, -0.1) is 0 Å². The fraction of sp³-hybridized carbons (Fsp3) is 1.00. The van der Waals surface area contributed by atoms with E-state index in [-0.39, 0.29) is 6.61 Å². The van der Waals surface area contributed by atoms with Crippen molar-refractivity contribution in [2.75, 3.05) is 6.61 Å². The van der Waals surface area contributed by atoms with E-state index < -0.39 is 23.8 Å². The molecule has 1 unspecified atom stereocenters. The van der Waals surface area contributed by atoms with Crippen molar-refractivity contribution < 1.29 is 20.1 Å². The van der Waals surface area contributed by atoms with Gasteiger partial charge in [0.15, 0.2) is 0 Å². The lowest BCUT2D eigenvalue weighted by molar-refractivity contribution is -0.0467. The standard InChI is InChI=1S/C6H13BO4/c1-6(10)4(9)3(2-8)11-5(6)7/h3-5,8-10H,2,7H2,1H3/t3-,4-,5?,6-/m1/s1. The average molecular weight is 160 g/mol. The molecule has 1 heterocycles. The van der Waals surface area contributed by atoms with E-state index in [2.05, 4.69) is 0 Å². The van der Waals surface area contributed by atoms with E-state index >= 15 is 0 Å². The number of rotatable bonds is 1. The Balaban J connectivity index is 2.71. The van der Waals surface area contributed by atoms with Crippen molar-refractivity contribution in [1.29, 1.82) is 0 Å². The number of ether oxygens (including phenoxy) is 1. The Morgan fingerprint density at radius 1 is 1.64 bits per heavy atom. The molecule has 0 aliphatic carbocycles. The van der Waals surface area contributed by atoms with Gasteiger partial charge >= 0.3 is 0 Å². The monoisotopic (exact) mass is 160 g/mol. The van der Waals surface area contributed by atoms with Crippen LogP contribution in [-0.4, -0.2) is 53.6 Å². The van der Waals surface area contributed by atoms with Crippen LogP contribution in [0.4, 0.5) is 0 Å². The van der Waals surface area contributed by atoms with Crippen molar-refractivity contribution in [3.05, 3.63) is 0 Å². The maximum Gasteiger partial charge on any atom is 0.143 e. The van der Waals surface area contributed by atoms with Crippen LogP contribution >= 0.6 is 0 Å². The van der Waals surface area contributed by atoms with Crippen molar-refractivity contribution in [1.82, 2.24) is 0 Å². The Morgan fingerprint density at radius 2 is 2.18 bits per heavy atom. The molecule has 0 saturated carbocycles. The van der Waals surface area contributed by atoms with E-state index in [1.165, 1.54) is 6.92 Å². The summed E-state index contributed by atoms with van der Waals surface area (Å²) in [5.74, 6) is 0. The zero-order valence-corrected chi connectivity index (χ0v) is 6.69. The van der Waals surface area contributed by atoms with Gasteiger partial charge in [0, 0.05) is 0 Å². The number of hydrogen-bond acceptors (Lipinski definition) is 4. The van der Waals surface area contributed by atoms with E-state index in [1.54, 1.807) is 7.85 Å². The second-order valence-corrected chi connectivity index (χ2v) is 3.17. The third-order valence-corrected chi connectivity index (χ3v) is 2.33. The topological polar surface area (TPSA) is 69.9 Å². The van der Waals surface area contributed by atoms with E-state index in [4.69, 9.17) is 9.84 Å². The van der Waals surface area contributed by atoms with Gasteiger partial charge in [-0.25, -0.2) is 0 Å². The fourth-order valence-corrected chi connectivity index (χ4v) is 1.23. The van der Waals surface area contributed by atoms with Gasteiger partial charge in [0.2, 0.25) is 0 Å². The first-order chi connectivity index (χ1) is 5.00. The van der Waals surface area contributed by atoms with Gasteiger partial charge in [-0.2, -0.15) is 0 Å². The minimum absolute atomic E-state index is 0.262. The van der Waals surface area contributed by atoms with Gasteiger partial charge < -0.3 is 20.1 Å². The van der Waals surface area contributed by atoms with Crippen LogP contribution < -0.4 is 0 Å². The third kappa shape index (κ3) is 1.29. The highest BCUT2D eigenvalue weighted by Gasteiger charge is 2.48. The lowest BCUT2D eigenvalue weighted by Crippen LogP contribution is -2.45. The van der Waals surface area contributed by atoms with Crippen LogP contribution in [0.1, 0.15) is 6.92 Å². The summed E-state index contributed by atoms with van der Waals surface area (Å²) < 4.78 is 5.09. The highest BCUT2D eigenvalue weighted by molar-refractivity contribution is 6.12. The summed E-state index contributed by atoms with van der Waals surface area (Å²) in [6.45, 7) is 1.24. The molecule has 64 valence electrons. The Morgan fingerprint density at radius 3 is 2.36 bits per heavy atom. The Hall–Kier alpha value is -0.0951. The molecule has 0 bridgehead atoms. The van der Waals surface area contributed by atoms with Crippen molar-refractivity contribution in [3.8, 4) is 0 Å². The van der Waals surface area contributed by atoms with Crippen molar-refractivity contribution >= 4 is 7.85 Å². The number of hydrogen-bond donors (Lipinski definition) is 3. The van der Waals surface area contributed by atoms with Crippen LogP contribution in [0.2, 0.25) is 0 Å². The third-order valence-electron chi connectivity index (χ3n) is 2.33. The fourth-order valence-electron chi connectivity index (χ4n) is 1.23. The average Bonchev–Trinajstić information content (AvgIpc) is 2.14. The molecule has 1 rings (SSSR count). The summed E-state index contributed by atoms with van der Waals surface area (Å²) in [6, 6.07) is -0.436. The van der Waals surface area contributed by atoms with Gasteiger partial charge in [0.1, 0.15) is 25.7 Å². The highest BCUT2D eigenvalue weighted by Crippen LogP contribution is 2.28. The first kappa shape index (κ1) is 9.00. The first-order valence-electron chi connectivity index (χ1n) is 3.67. The predicted octanol–water partition coefficient (Wildman–Crippen LogP) is -2.55. The second kappa shape index (κ2) is 2.75. The maximum absolute atomic E-state index is 9.55. The molecule has 1 aliphatic heterocycles. The molecule has 0 radical (unpaired) electrons. The molecular weight excluding hydrogens is 147 g/mol. The van der Waals surface area contributed by atoms with Crippen LogP contribution in [-0.2, 0) is 4.74 Å². The molecule has 0 aromatic rings. The van der Waals surface area contributed by atoms with Crippen molar-refractivity contribution in [2.24, 2.45) is 0 Å². The van der Waals surface area contributed by atoms with Gasteiger partial charge in [-0.3, -0.25) is 0 Å². The summed E-state index contributed by atoms with van der Waals surface area (Å²) in [5, 5.41) is 27.6. The second-order valence-electron chi connectivity index (χ2n) is 3.17. The molecule has 1 saturated heterocycles. The van der Waals surface area contributed by atoms with Gasteiger partial charge in [-0.1, -0.05) is 0 Å². The zero-order valence-electron chi connectivity index (χ0n) is 6.69. The summed E-state index contributed by atoms with van der Waals surface area (Å²) in [4.78, 5) is 0. The summed E-state index contributed by atoms with van der Waals surface area (Å²) in [7, 11) is 1.67. The Bertz CT molecular complexity index is 150. The van der Waals surface area contributed by atoms with E-state index in [0.29, 0.717) is 0 Å². The van der Waals surface area contributed by atoms with Crippen molar-refractivity contribution in [2.45, 2.75) is 30.7 Å². The molecule has 4 nitrogen and oxygen atoms in total. The molecule has 1 fully saturated rings. The normalized spacial score (nSPS) is 51.5. The highest BCUT2D eigenvalue weighted by atomic mass is 16.6. The molecule has 5 heteroatoms. The van der Waals surface area contributed by atoms with Crippen LogP contribution in [0.15, 0.2) is 0 Å². The van der Waals surface area contributed by atoms with E-state index in [0.717, 1.165) is 0 Å².